The topological polar surface area (TPSA) is 51.2 Å². The van der Waals surface area contributed by atoms with E-state index in [9.17, 15) is 4.79 Å². The summed E-state index contributed by atoms with van der Waals surface area (Å²) in [6, 6.07) is 13.5. The van der Waals surface area contributed by atoms with Gasteiger partial charge in [-0.3, -0.25) is 4.79 Å². The van der Waals surface area contributed by atoms with E-state index in [0.717, 1.165) is 17.9 Å². The second-order valence-corrected chi connectivity index (χ2v) is 6.86. The molecule has 0 saturated heterocycles. The van der Waals surface area contributed by atoms with E-state index in [2.05, 4.69) is 10.3 Å². The third kappa shape index (κ3) is 3.96. The number of nitrogens with zero attached hydrogens (tertiary/aromatic N) is 1. The molecule has 2 aromatic rings. The zero-order chi connectivity index (χ0) is 16.4. The van der Waals surface area contributed by atoms with Crippen LogP contribution in [0, 0.1) is 11.8 Å². The van der Waals surface area contributed by atoms with Crippen LogP contribution in [0.2, 0.25) is 0 Å². The summed E-state index contributed by atoms with van der Waals surface area (Å²) in [7, 11) is 0. The Bertz CT molecular complexity index is 723. The lowest BCUT2D eigenvalue weighted by Gasteiger charge is -2.23. The normalized spacial score (nSPS) is 23.8. The molecule has 1 N–H and O–H groups in total. The number of fused-ring (bicyclic) bond motifs is 2. The summed E-state index contributed by atoms with van der Waals surface area (Å²) in [6.45, 7) is 0.502. The highest BCUT2D eigenvalue weighted by atomic mass is 35.5. The van der Waals surface area contributed by atoms with Gasteiger partial charge < -0.3 is 10.1 Å². The van der Waals surface area contributed by atoms with Crippen molar-refractivity contribution in [2.24, 2.45) is 11.8 Å². The highest BCUT2D eigenvalue weighted by Gasteiger charge is 2.41. The van der Waals surface area contributed by atoms with Crippen LogP contribution in [-0.4, -0.2) is 17.0 Å². The minimum Gasteiger partial charge on any atom is -0.473 e. The molecule has 2 aliphatic carbocycles. The average molecular weight is 359 g/mol. The molecular formula is C20H23ClN2O2. The Morgan fingerprint density at radius 2 is 1.96 bits per heavy atom. The van der Waals surface area contributed by atoms with Crippen molar-refractivity contribution in [1.29, 1.82) is 0 Å². The van der Waals surface area contributed by atoms with Gasteiger partial charge in [0.1, 0.15) is 11.7 Å². The summed E-state index contributed by atoms with van der Waals surface area (Å²) in [4.78, 5) is 16.9. The van der Waals surface area contributed by atoms with Crippen molar-refractivity contribution < 1.29 is 9.53 Å². The maximum Gasteiger partial charge on any atom is 0.257 e. The molecule has 1 aromatic carbocycles. The van der Waals surface area contributed by atoms with Gasteiger partial charge in [0.15, 0.2) is 0 Å². The molecule has 0 spiro atoms. The molecular weight excluding hydrogens is 336 g/mol. The molecule has 132 valence electrons. The minimum absolute atomic E-state index is 0. The Kier molecular flexibility index (Phi) is 5.59. The molecule has 2 fully saturated rings. The van der Waals surface area contributed by atoms with Crippen molar-refractivity contribution in [1.82, 2.24) is 10.3 Å². The smallest absolute Gasteiger partial charge is 0.257 e. The van der Waals surface area contributed by atoms with Crippen molar-refractivity contribution in [3.8, 4) is 5.88 Å². The predicted molar refractivity (Wildman–Crippen MR) is 99.0 cm³/mol. The van der Waals surface area contributed by atoms with Crippen LogP contribution in [0.4, 0.5) is 0 Å². The Hall–Kier alpha value is -2.07. The molecule has 2 saturated carbocycles. The first-order valence-electron chi connectivity index (χ1n) is 8.73. The highest BCUT2D eigenvalue weighted by Crippen LogP contribution is 2.46. The fourth-order valence-electron chi connectivity index (χ4n) is 4.01. The second-order valence-electron chi connectivity index (χ2n) is 6.86. The Morgan fingerprint density at radius 3 is 2.68 bits per heavy atom. The summed E-state index contributed by atoms with van der Waals surface area (Å²) < 4.78 is 6.14. The molecule has 1 amide bonds. The maximum atomic E-state index is 12.5. The molecule has 25 heavy (non-hydrogen) atoms. The molecule has 4 rings (SSSR count). The molecule has 2 aliphatic rings. The van der Waals surface area contributed by atoms with Crippen LogP contribution in [0.25, 0.3) is 0 Å². The number of aromatic nitrogens is 1. The van der Waals surface area contributed by atoms with Gasteiger partial charge in [-0.15, -0.1) is 12.4 Å². The third-order valence-electron chi connectivity index (χ3n) is 5.25. The summed E-state index contributed by atoms with van der Waals surface area (Å²) in [5.74, 6) is 1.78. The SMILES string of the molecule is Cl.O=C(NCc1ccccc1)c1cccnc1OC1CC2CCC1C2. The van der Waals surface area contributed by atoms with Crippen LogP contribution in [0.3, 0.4) is 0 Å². The van der Waals surface area contributed by atoms with E-state index in [-0.39, 0.29) is 24.4 Å². The van der Waals surface area contributed by atoms with E-state index < -0.39 is 0 Å². The van der Waals surface area contributed by atoms with E-state index in [0.29, 0.717) is 23.9 Å². The number of amides is 1. The largest absolute Gasteiger partial charge is 0.473 e. The second kappa shape index (κ2) is 7.87. The van der Waals surface area contributed by atoms with Crippen LogP contribution < -0.4 is 10.1 Å². The fraction of sp³-hybridized carbons (Fsp3) is 0.400. The van der Waals surface area contributed by atoms with Crippen molar-refractivity contribution >= 4 is 18.3 Å². The molecule has 1 aromatic heterocycles. The van der Waals surface area contributed by atoms with Gasteiger partial charge >= 0.3 is 0 Å². The number of hydrogen-bond acceptors (Lipinski definition) is 3. The molecule has 3 unspecified atom stereocenters. The zero-order valence-corrected chi connectivity index (χ0v) is 14.9. The number of ether oxygens (including phenoxy) is 1. The van der Waals surface area contributed by atoms with E-state index in [4.69, 9.17) is 4.74 Å². The van der Waals surface area contributed by atoms with Crippen LogP contribution in [0.5, 0.6) is 5.88 Å². The highest BCUT2D eigenvalue weighted by molar-refractivity contribution is 5.96. The number of nitrogens with one attached hydrogen (secondary N) is 1. The molecule has 0 aliphatic heterocycles. The van der Waals surface area contributed by atoms with Gasteiger partial charge in [-0.25, -0.2) is 4.98 Å². The average Bonchev–Trinajstić information content (AvgIpc) is 3.24. The number of rotatable bonds is 5. The third-order valence-corrected chi connectivity index (χ3v) is 5.25. The van der Waals surface area contributed by atoms with Crippen molar-refractivity contribution in [3.05, 3.63) is 59.8 Å². The standard InChI is InChI=1S/C20H22N2O2.ClH/c23-19(22-13-14-5-2-1-3-6-14)17-7-4-10-21-20(17)24-18-12-15-8-9-16(18)11-15;/h1-7,10,15-16,18H,8-9,11-13H2,(H,22,23);1H. The van der Waals surface area contributed by atoms with Crippen molar-refractivity contribution in [2.75, 3.05) is 0 Å². The van der Waals surface area contributed by atoms with Crippen LogP contribution in [0.15, 0.2) is 48.7 Å². The maximum absolute atomic E-state index is 12.5. The molecule has 4 nitrogen and oxygen atoms in total. The lowest BCUT2D eigenvalue weighted by atomic mass is 9.98. The monoisotopic (exact) mass is 358 g/mol. The van der Waals surface area contributed by atoms with Gasteiger partial charge in [0.25, 0.3) is 5.91 Å². The first kappa shape index (κ1) is 17.7. The van der Waals surface area contributed by atoms with Gasteiger partial charge in [0.2, 0.25) is 5.88 Å². The number of pyridine rings is 1. The Labute approximate surface area is 154 Å². The number of carbonyl (C=O) groups excluding carboxylic acids is 1. The Balaban J connectivity index is 0.00000182. The number of carbonyl (C=O) groups is 1. The number of benzene rings is 1. The van der Waals surface area contributed by atoms with Gasteiger partial charge in [0.05, 0.1) is 0 Å². The summed E-state index contributed by atoms with van der Waals surface area (Å²) in [5, 5.41) is 2.96. The number of halogens is 1. The quantitative estimate of drug-likeness (QED) is 0.878. The fourth-order valence-corrected chi connectivity index (χ4v) is 4.01. The van der Waals surface area contributed by atoms with Gasteiger partial charge in [-0.05, 0) is 55.2 Å². The number of hydrogen-bond donors (Lipinski definition) is 1. The van der Waals surface area contributed by atoms with Gasteiger partial charge in [-0.2, -0.15) is 0 Å². The lowest BCUT2D eigenvalue weighted by Crippen LogP contribution is -2.27. The molecule has 5 heteroatoms. The zero-order valence-electron chi connectivity index (χ0n) is 14.1. The molecule has 3 atom stereocenters. The lowest BCUT2D eigenvalue weighted by molar-refractivity contribution is 0.0930. The van der Waals surface area contributed by atoms with E-state index >= 15 is 0 Å². The molecule has 0 radical (unpaired) electrons. The first-order valence-corrected chi connectivity index (χ1v) is 8.73. The van der Waals surface area contributed by atoms with E-state index in [1.54, 1.807) is 18.3 Å². The van der Waals surface area contributed by atoms with Crippen molar-refractivity contribution in [3.63, 3.8) is 0 Å². The van der Waals surface area contributed by atoms with Crippen LogP contribution in [0.1, 0.15) is 41.6 Å². The summed E-state index contributed by atoms with van der Waals surface area (Å²) >= 11 is 0. The van der Waals surface area contributed by atoms with Crippen molar-refractivity contribution in [2.45, 2.75) is 38.3 Å². The van der Waals surface area contributed by atoms with Gasteiger partial charge in [0, 0.05) is 12.7 Å². The molecule has 1 heterocycles. The predicted octanol–water partition coefficient (Wildman–Crippen LogP) is 4.00. The molecule has 2 bridgehead atoms. The minimum atomic E-state index is -0.134. The van der Waals surface area contributed by atoms with Crippen LogP contribution >= 0.6 is 12.4 Å². The summed E-state index contributed by atoms with van der Waals surface area (Å²) in [5.41, 5.74) is 1.60. The van der Waals surface area contributed by atoms with Gasteiger partial charge in [-0.1, -0.05) is 30.3 Å². The first-order chi connectivity index (χ1) is 11.8. The Morgan fingerprint density at radius 1 is 1.12 bits per heavy atom. The van der Waals surface area contributed by atoms with E-state index in [1.807, 2.05) is 30.3 Å². The van der Waals surface area contributed by atoms with Crippen LogP contribution in [-0.2, 0) is 6.54 Å². The van der Waals surface area contributed by atoms with E-state index in [1.165, 1.54) is 19.3 Å². The summed E-state index contributed by atoms with van der Waals surface area (Å²) in [6.07, 6.45) is 6.87.